The number of hydrogen-bond acceptors (Lipinski definition) is 3. The molecule has 3 heteroatoms. The molecular weight excluding hydrogens is 180 g/mol. The van der Waals surface area contributed by atoms with Gasteiger partial charge in [0.15, 0.2) is 0 Å². The van der Waals surface area contributed by atoms with E-state index in [2.05, 4.69) is 18.6 Å². The molecule has 14 heavy (non-hydrogen) atoms. The monoisotopic (exact) mass is 200 g/mol. The van der Waals surface area contributed by atoms with Gasteiger partial charge < -0.3 is 9.47 Å². The molecule has 1 rings (SSSR count). The summed E-state index contributed by atoms with van der Waals surface area (Å²) in [6.45, 7) is 5.10. The summed E-state index contributed by atoms with van der Waals surface area (Å²) in [7, 11) is 1.45. The Hall–Kier alpha value is -0.570. The topological polar surface area (TPSA) is 35.5 Å². The van der Waals surface area contributed by atoms with Crippen LogP contribution < -0.4 is 0 Å². The summed E-state index contributed by atoms with van der Waals surface area (Å²) in [4.78, 5) is 11.1. The van der Waals surface area contributed by atoms with Gasteiger partial charge in [-0.2, -0.15) is 0 Å². The average Bonchev–Trinajstić information content (AvgIpc) is 2.18. The van der Waals surface area contributed by atoms with E-state index in [0.29, 0.717) is 24.4 Å². The highest BCUT2D eigenvalue weighted by atomic mass is 16.5. The van der Waals surface area contributed by atoms with Crippen molar-refractivity contribution in [2.75, 3.05) is 13.7 Å². The molecule has 1 aliphatic rings. The molecule has 1 aliphatic heterocycles. The Morgan fingerprint density at radius 2 is 2.29 bits per heavy atom. The molecule has 0 N–H and O–H groups in total. The van der Waals surface area contributed by atoms with Crippen LogP contribution in [0.25, 0.3) is 0 Å². The molecule has 1 fully saturated rings. The van der Waals surface area contributed by atoms with Crippen molar-refractivity contribution < 1.29 is 14.3 Å². The van der Waals surface area contributed by atoms with Gasteiger partial charge in [-0.1, -0.05) is 13.8 Å². The lowest BCUT2D eigenvalue weighted by Crippen LogP contribution is -2.30. The molecule has 0 amide bonds. The third-order valence-corrected chi connectivity index (χ3v) is 2.85. The van der Waals surface area contributed by atoms with Crippen molar-refractivity contribution in [2.45, 2.75) is 39.2 Å². The fourth-order valence-corrected chi connectivity index (χ4v) is 1.87. The van der Waals surface area contributed by atoms with Crippen molar-refractivity contribution in [1.29, 1.82) is 0 Å². The van der Waals surface area contributed by atoms with Crippen molar-refractivity contribution in [3.8, 4) is 0 Å². The van der Waals surface area contributed by atoms with Gasteiger partial charge >= 0.3 is 5.97 Å². The number of rotatable bonds is 3. The van der Waals surface area contributed by atoms with Crippen LogP contribution in [0.3, 0.4) is 0 Å². The van der Waals surface area contributed by atoms with Crippen LogP contribution in [0.4, 0.5) is 0 Å². The molecule has 0 bridgehead atoms. The Kier molecular flexibility index (Phi) is 4.39. The lowest BCUT2D eigenvalue weighted by Gasteiger charge is -2.31. The van der Waals surface area contributed by atoms with E-state index in [9.17, 15) is 4.79 Å². The Morgan fingerprint density at radius 1 is 1.57 bits per heavy atom. The average molecular weight is 200 g/mol. The molecule has 0 aromatic heterocycles. The molecule has 3 nitrogen and oxygen atoms in total. The highest BCUT2D eigenvalue weighted by Gasteiger charge is 2.26. The molecule has 0 saturated carbocycles. The molecule has 0 unspecified atom stereocenters. The maximum Gasteiger partial charge on any atom is 0.305 e. The molecular formula is C11H20O3. The van der Waals surface area contributed by atoms with E-state index in [1.807, 2.05) is 0 Å². The van der Waals surface area contributed by atoms with Gasteiger partial charge in [0, 0.05) is 13.0 Å². The van der Waals surface area contributed by atoms with E-state index < -0.39 is 0 Å². The van der Waals surface area contributed by atoms with Gasteiger partial charge in [-0.15, -0.1) is 0 Å². The molecule has 82 valence electrons. The van der Waals surface area contributed by atoms with Gasteiger partial charge in [0.1, 0.15) is 0 Å². The van der Waals surface area contributed by atoms with Crippen LogP contribution in [-0.4, -0.2) is 25.8 Å². The molecule has 1 heterocycles. The summed E-state index contributed by atoms with van der Waals surface area (Å²) >= 11 is 0. The summed E-state index contributed by atoms with van der Waals surface area (Å²) in [6.07, 6.45) is 2.84. The second-order valence-corrected chi connectivity index (χ2v) is 4.32. The maximum atomic E-state index is 11.1. The van der Waals surface area contributed by atoms with E-state index in [4.69, 9.17) is 4.74 Å². The number of esters is 1. The third-order valence-electron chi connectivity index (χ3n) is 2.85. The predicted octanol–water partition coefficient (Wildman–Crippen LogP) is 2.00. The minimum absolute atomic E-state index is 0.0978. The van der Waals surface area contributed by atoms with Crippen LogP contribution in [0.1, 0.15) is 33.1 Å². The van der Waals surface area contributed by atoms with E-state index in [1.54, 1.807) is 0 Å². The van der Waals surface area contributed by atoms with Crippen molar-refractivity contribution >= 4 is 5.97 Å². The normalized spacial score (nSPS) is 27.7. The van der Waals surface area contributed by atoms with Crippen LogP contribution in [-0.2, 0) is 14.3 Å². The smallest absolute Gasteiger partial charge is 0.305 e. The Morgan fingerprint density at radius 3 is 2.86 bits per heavy atom. The zero-order chi connectivity index (χ0) is 10.6. The van der Waals surface area contributed by atoms with Gasteiger partial charge in [-0.25, -0.2) is 0 Å². The molecule has 0 aliphatic carbocycles. The van der Waals surface area contributed by atoms with Gasteiger partial charge in [-0.05, 0) is 24.7 Å². The number of hydrogen-bond donors (Lipinski definition) is 0. The summed E-state index contributed by atoms with van der Waals surface area (Å²) in [5.74, 6) is 0.887. The van der Waals surface area contributed by atoms with Gasteiger partial charge in [0.25, 0.3) is 0 Å². The van der Waals surface area contributed by atoms with Crippen molar-refractivity contribution in [3.63, 3.8) is 0 Å². The summed E-state index contributed by atoms with van der Waals surface area (Å²) in [6, 6.07) is 0. The summed E-state index contributed by atoms with van der Waals surface area (Å²) in [5, 5.41) is 0. The van der Waals surface area contributed by atoms with E-state index in [-0.39, 0.29) is 5.97 Å². The highest BCUT2D eigenvalue weighted by Crippen LogP contribution is 2.27. The summed E-state index contributed by atoms with van der Waals surface area (Å²) < 4.78 is 10.3. The van der Waals surface area contributed by atoms with Gasteiger partial charge in [0.2, 0.25) is 0 Å². The number of methoxy groups -OCH3 is 1. The fraction of sp³-hybridized carbons (Fsp3) is 0.909. The number of carbonyl (C=O) groups excluding carboxylic acids is 1. The first kappa shape index (κ1) is 11.5. The van der Waals surface area contributed by atoms with Crippen LogP contribution in [0, 0.1) is 11.8 Å². The first-order valence-corrected chi connectivity index (χ1v) is 5.32. The van der Waals surface area contributed by atoms with Crippen LogP contribution >= 0.6 is 0 Å². The molecule has 1 saturated heterocycles. The van der Waals surface area contributed by atoms with E-state index >= 15 is 0 Å². The standard InChI is InChI=1S/C11H20O3/c1-8(2)10-6-9(4-5-14-10)7-11(12)13-3/h8-10H,4-7H2,1-3H3/t9-,10-/m0/s1. The van der Waals surface area contributed by atoms with Crippen molar-refractivity contribution in [2.24, 2.45) is 11.8 Å². The molecule has 0 aromatic carbocycles. The van der Waals surface area contributed by atoms with Crippen molar-refractivity contribution in [3.05, 3.63) is 0 Å². The Labute approximate surface area is 85.8 Å². The second-order valence-electron chi connectivity index (χ2n) is 4.32. The lowest BCUT2D eigenvalue weighted by molar-refractivity contribution is -0.143. The number of carbonyl (C=O) groups is 1. The minimum Gasteiger partial charge on any atom is -0.469 e. The SMILES string of the molecule is COC(=O)C[C@H]1CCO[C@H](C(C)C)C1. The highest BCUT2D eigenvalue weighted by molar-refractivity contribution is 5.69. The van der Waals surface area contributed by atoms with Gasteiger partial charge in [-0.3, -0.25) is 4.79 Å². The van der Waals surface area contributed by atoms with Crippen LogP contribution in [0.2, 0.25) is 0 Å². The maximum absolute atomic E-state index is 11.1. The molecule has 0 spiro atoms. The van der Waals surface area contributed by atoms with Gasteiger partial charge in [0.05, 0.1) is 13.2 Å². The Bertz CT molecular complexity index is 189. The second kappa shape index (κ2) is 5.35. The molecule has 0 aromatic rings. The zero-order valence-electron chi connectivity index (χ0n) is 9.29. The summed E-state index contributed by atoms with van der Waals surface area (Å²) in [5.41, 5.74) is 0. The fourth-order valence-electron chi connectivity index (χ4n) is 1.87. The third kappa shape index (κ3) is 3.29. The minimum atomic E-state index is -0.0978. The first-order chi connectivity index (χ1) is 6.63. The van der Waals surface area contributed by atoms with E-state index in [0.717, 1.165) is 19.4 Å². The van der Waals surface area contributed by atoms with E-state index in [1.165, 1.54) is 7.11 Å². The first-order valence-electron chi connectivity index (χ1n) is 5.32. The molecule has 2 atom stereocenters. The van der Waals surface area contributed by atoms with Crippen LogP contribution in [0.15, 0.2) is 0 Å². The lowest BCUT2D eigenvalue weighted by atomic mass is 9.88. The van der Waals surface area contributed by atoms with Crippen LogP contribution in [0.5, 0.6) is 0 Å². The predicted molar refractivity (Wildman–Crippen MR) is 53.9 cm³/mol. The van der Waals surface area contributed by atoms with Crippen molar-refractivity contribution in [1.82, 2.24) is 0 Å². The number of ether oxygens (including phenoxy) is 2. The largest absolute Gasteiger partial charge is 0.469 e. The zero-order valence-corrected chi connectivity index (χ0v) is 9.29. The Balaban J connectivity index is 2.36. The quantitative estimate of drug-likeness (QED) is 0.654. The molecule has 0 radical (unpaired) electrons.